The van der Waals surface area contributed by atoms with Gasteiger partial charge >= 0.3 is 0 Å². The molecule has 0 amide bonds. The minimum absolute atomic E-state index is 0.101. The third-order valence-corrected chi connectivity index (χ3v) is 3.77. The second kappa shape index (κ2) is 9.52. The summed E-state index contributed by atoms with van der Waals surface area (Å²) in [6.45, 7) is 6.19. The molecular weight excluding hydrogens is 326 g/mol. The molecule has 0 fully saturated rings. The lowest BCUT2D eigenvalue weighted by molar-refractivity contribution is 0.269. The van der Waals surface area contributed by atoms with E-state index in [1.165, 1.54) is 5.56 Å². The average Bonchev–Trinajstić information content (AvgIpc) is 2.56. The number of aryl methyl sites for hydroxylation is 1. The highest BCUT2D eigenvalue weighted by Crippen LogP contribution is 2.37. The summed E-state index contributed by atoms with van der Waals surface area (Å²) in [5, 5.41) is 12.5. The number of nitrogens with one attached hydrogen (secondary N) is 1. The van der Waals surface area contributed by atoms with Crippen molar-refractivity contribution in [1.82, 2.24) is 5.32 Å². The van der Waals surface area contributed by atoms with Gasteiger partial charge in [-0.25, -0.2) is 0 Å². The normalized spacial score (nSPS) is 10.7. The third-order valence-electron chi connectivity index (χ3n) is 3.49. The molecule has 0 atom stereocenters. The summed E-state index contributed by atoms with van der Waals surface area (Å²) in [6, 6.07) is 12.0. The molecule has 2 N–H and O–H groups in total. The molecule has 0 aliphatic carbocycles. The number of benzene rings is 2. The largest absolute Gasteiger partial charge is 0.490 e. The fourth-order valence-electron chi connectivity index (χ4n) is 2.28. The van der Waals surface area contributed by atoms with Crippen molar-refractivity contribution in [3.05, 3.63) is 58.1 Å². The first-order valence-electron chi connectivity index (χ1n) is 8.09. The van der Waals surface area contributed by atoms with Gasteiger partial charge in [-0.2, -0.15) is 0 Å². The van der Waals surface area contributed by atoms with Crippen molar-refractivity contribution in [3.8, 4) is 11.5 Å². The van der Waals surface area contributed by atoms with Crippen LogP contribution in [0.1, 0.15) is 23.6 Å². The quantitative estimate of drug-likeness (QED) is 0.678. The number of ether oxygens (including phenoxy) is 2. The summed E-state index contributed by atoms with van der Waals surface area (Å²) < 4.78 is 11.6. The minimum atomic E-state index is 0.101. The van der Waals surface area contributed by atoms with E-state index in [1.807, 2.05) is 31.2 Å². The van der Waals surface area contributed by atoms with Crippen molar-refractivity contribution in [2.75, 3.05) is 19.8 Å². The van der Waals surface area contributed by atoms with E-state index in [1.54, 1.807) is 0 Å². The fraction of sp³-hybridized carbons (Fsp3) is 0.368. The van der Waals surface area contributed by atoms with Gasteiger partial charge in [-0.05, 0) is 37.1 Å². The van der Waals surface area contributed by atoms with Crippen LogP contribution in [-0.2, 0) is 13.2 Å². The van der Waals surface area contributed by atoms with E-state index in [0.29, 0.717) is 42.8 Å². The molecule has 0 heterocycles. The van der Waals surface area contributed by atoms with Gasteiger partial charge in [-0.3, -0.25) is 0 Å². The van der Waals surface area contributed by atoms with Crippen molar-refractivity contribution in [1.29, 1.82) is 0 Å². The molecule has 130 valence electrons. The molecule has 0 aliphatic rings. The average molecular weight is 350 g/mol. The first kappa shape index (κ1) is 18.6. The van der Waals surface area contributed by atoms with Gasteiger partial charge in [0.05, 0.1) is 18.2 Å². The second-order valence-corrected chi connectivity index (χ2v) is 5.92. The number of aliphatic hydroxyl groups excluding tert-OH is 1. The molecule has 0 unspecified atom stereocenters. The van der Waals surface area contributed by atoms with E-state index < -0.39 is 0 Å². The maximum atomic E-state index is 8.84. The summed E-state index contributed by atoms with van der Waals surface area (Å²) in [4.78, 5) is 0. The molecule has 24 heavy (non-hydrogen) atoms. The van der Waals surface area contributed by atoms with Gasteiger partial charge < -0.3 is 19.9 Å². The van der Waals surface area contributed by atoms with Crippen molar-refractivity contribution in [2.24, 2.45) is 0 Å². The van der Waals surface area contributed by atoms with Crippen LogP contribution >= 0.6 is 11.6 Å². The molecule has 0 spiro atoms. The van der Waals surface area contributed by atoms with Crippen LogP contribution in [-0.4, -0.2) is 24.9 Å². The van der Waals surface area contributed by atoms with Gasteiger partial charge in [0.1, 0.15) is 6.61 Å². The smallest absolute Gasteiger partial charge is 0.180 e. The topological polar surface area (TPSA) is 50.7 Å². The zero-order valence-electron chi connectivity index (χ0n) is 14.1. The summed E-state index contributed by atoms with van der Waals surface area (Å²) >= 11 is 6.39. The van der Waals surface area contributed by atoms with Gasteiger partial charge in [0.25, 0.3) is 0 Å². The molecule has 0 radical (unpaired) electrons. The van der Waals surface area contributed by atoms with Gasteiger partial charge in [0.2, 0.25) is 0 Å². The van der Waals surface area contributed by atoms with Crippen LogP contribution in [0.2, 0.25) is 5.02 Å². The molecule has 5 heteroatoms. The first-order chi connectivity index (χ1) is 11.6. The number of hydrogen-bond donors (Lipinski definition) is 2. The van der Waals surface area contributed by atoms with Crippen molar-refractivity contribution < 1.29 is 14.6 Å². The second-order valence-electron chi connectivity index (χ2n) is 5.51. The third kappa shape index (κ3) is 5.41. The monoisotopic (exact) mass is 349 g/mol. The predicted molar refractivity (Wildman–Crippen MR) is 96.9 cm³/mol. The standard InChI is InChI=1S/C19H24ClNO3/c1-3-23-18-11-16(12-21-8-9-22)10-17(20)19(18)24-13-15-6-4-14(2)5-7-15/h4-7,10-11,21-22H,3,8-9,12-13H2,1-2H3. The SMILES string of the molecule is CCOc1cc(CNCCO)cc(Cl)c1OCc1ccc(C)cc1. The minimum Gasteiger partial charge on any atom is -0.490 e. The van der Waals surface area contributed by atoms with Gasteiger partial charge in [-0.1, -0.05) is 41.4 Å². The molecule has 0 bridgehead atoms. The zero-order valence-corrected chi connectivity index (χ0v) is 14.9. The van der Waals surface area contributed by atoms with Crippen LogP contribution in [0.25, 0.3) is 0 Å². The van der Waals surface area contributed by atoms with Crippen LogP contribution in [0, 0.1) is 6.92 Å². The number of halogens is 1. The predicted octanol–water partition coefficient (Wildman–Crippen LogP) is 3.71. The number of aliphatic hydroxyl groups is 1. The van der Waals surface area contributed by atoms with Crippen LogP contribution in [0.3, 0.4) is 0 Å². The fourth-order valence-corrected chi connectivity index (χ4v) is 2.57. The lowest BCUT2D eigenvalue weighted by Gasteiger charge is -2.15. The Hall–Kier alpha value is -1.75. The molecular formula is C19H24ClNO3. The highest BCUT2D eigenvalue weighted by Gasteiger charge is 2.13. The van der Waals surface area contributed by atoms with E-state index in [9.17, 15) is 0 Å². The lowest BCUT2D eigenvalue weighted by Crippen LogP contribution is -2.17. The molecule has 0 saturated carbocycles. The summed E-state index contributed by atoms with van der Waals surface area (Å²) in [5.74, 6) is 1.20. The van der Waals surface area contributed by atoms with Crippen molar-refractivity contribution in [2.45, 2.75) is 27.0 Å². The van der Waals surface area contributed by atoms with Crippen LogP contribution in [0.15, 0.2) is 36.4 Å². The molecule has 0 aromatic heterocycles. The highest BCUT2D eigenvalue weighted by atomic mass is 35.5. The molecule has 2 rings (SSSR count). The molecule has 4 nitrogen and oxygen atoms in total. The van der Waals surface area contributed by atoms with Crippen LogP contribution in [0.5, 0.6) is 11.5 Å². The van der Waals surface area contributed by atoms with Crippen molar-refractivity contribution in [3.63, 3.8) is 0 Å². The molecule has 2 aromatic carbocycles. The first-order valence-corrected chi connectivity index (χ1v) is 8.47. The summed E-state index contributed by atoms with van der Waals surface area (Å²) in [5.41, 5.74) is 3.28. The maximum Gasteiger partial charge on any atom is 0.180 e. The van der Waals surface area contributed by atoms with Gasteiger partial charge in [-0.15, -0.1) is 0 Å². The van der Waals surface area contributed by atoms with E-state index in [-0.39, 0.29) is 6.61 Å². The Morgan fingerprint density at radius 2 is 1.83 bits per heavy atom. The van der Waals surface area contributed by atoms with Gasteiger partial charge in [0, 0.05) is 13.1 Å². The van der Waals surface area contributed by atoms with Crippen molar-refractivity contribution >= 4 is 11.6 Å². The summed E-state index contributed by atoms with van der Waals surface area (Å²) in [7, 11) is 0. The highest BCUT2D eigenvalue weighted by molar-refractivity contribution is 6.32. The zero-order chi connectivity index (χ0) is 17.4. The Morgan fingerprint density at radius 1 is 1.08 bits per heavy atom. The Kier molecular flexibility index (Phi) is 7.37. The Labute approximate surface area is 148 Å². The number of rotatable bonds is 9. The van der Waals surface area contributed by atoms with E-state index in [0.717, 1.165) is 11.1 Å². The van der Waals surface area contributed by atoms with E-state index in [2.05, 4.69) is 24.4 Å². The Balaban J connectivity index is 2.13. The Bertz CT molecular complexity index is 644. The molecule has 2 aromatic rings. The van der Waals surface area contributed by atoms with Gasteiger partial charge in [0.15, 0.2) is 11.5 Å². The molecule has 0 saturated heterocycles. The van der Waals surface area contributed by atoms with E-state index >= 15 is 0 Å². The lowest BCUT2D eigenvalue weighted by atomic mass is 10.1. The molecule has 0 aliphatic heterocycles. The number of hydrogen-bond acceptors (Lipinski definition) is 4. The summed E-state index contributed by atoms with van der Waals surface area (Å²) in [6.07, 6.45) is 0. The van der Waals surface area contributed by atoms with Crippen LogP contribution < -0.4 is 14.8 Å². The Morgan fingerprint density at radius 3 is 2.50 bits per heavy atom. The maximum absolute atomic E-state index is 8.84. The van der Waals surface area contributed by atoms with E-state index in [4.69, 9.17) is 26.2 Å². The van der Waals surface area contributed by atoms with Crippen LogP contribution in [0.4, 0.5) is 0 Å².